The second kappa shape index (κ2) is 5.61. The molecular formula is C15H20N2O3. The summed E-state index contributed by atoms with van der Waals surface area (Å²) < 4.78 is 10.6. The van der Waals surface area contributed by atoms with Crippen LogP contribution in [0.25, 0.3) is 0 Å². The minimum Gasteiger partial charge on any atom is -0.454 e. The number of rotatable bonds is 4. The first-order chi connectivity index (χ1) is 9.72. The SMILES string of the molecule is C[C@@H](Nc1ccc2c(c1)OCO2)C(=O)NC1CCCC1. The monoisotopic (exact) mass is 276 g/mol. The third-order valence-electron chi connectivity index (χ3n) is 3.85. The van der Waals surface area contributed by atoms with E-state index in [9.17, 15) is 4.79 Å². The van der Waals surface area contributed by atoms with Crippen LogP contribution in [0.4, 0.5) is 5.69 Å². The summed E-state index contributed by atoms with van der Waals surface area (Å²) in [6.07, 6.45) is 4.63. The zero-order valence-electron chi connectivity index (χ0n) is 11.6. The van der Waals surface area contributed by atoms with Gasteiger partial charge in [0, 0.05) is 17.8 Å². The lowest BCUT2D eigenvalue weighted by Gasteiger charge is -2.18. The smallest absolute Gasteiger partial charge is 0.242 e. The Bertz CT molecular complexity index is 498. The molecular weight excluding hydrogens is 256 g/mol. The summed E-state index contributed by atoms with van der Waals surface area (Å²) in [5.74, 6) is 1.52. The largest absolute Gasteiger partial charge is 0.454 e. The molecule has 0 radical (unpaired) electrons. The van der Waals surface area contributed by atoms with Crippen LogP contribution in [0.1, 0.15) is 32.6 Å². The number of hydrogen-bond donors (Lipinski definition) is 2. The lowest BCUT2D eigenvalue weighted by molar-refractivity contribution is -0.122. The molecule has 0 bridgehead atoms. The molecule has 20 heavy (non-hydrogen) atoms. The number of benzene rings is 1. The molecule has 1 aliphatic heterocycles. The van der Waals surface area contributed by atoms with E-state index in [0.717, 1.165) is 30.0 Å². The summed E-state index contributed by atoms with van der Waals surface area (Å²) in [6.45, 7) is 2.13. The first-order valence-electron chi connectivity index (χ1n) is 7.19. The Morgan fingerprint density at radius 2 is 2.00 bits per heavy atom. The lowest BCUT2D eigenvalue weighted by Crippen LogP contribution is -2.42. The second-order valence-corrected chi connectivity index (χ2v) is 5.42. The minimum absolute atomic E-state index is 0.0505. The van der Waals surface area contributed by atoms with Crippen molar-refractivity contribution in [2.75, 3.05) is 12.1 Å². The molecule has 1 fully saturated rings. The van der Waals surface area contributed by atoms with Crippen LogP contribution in [0.5, 0.6) is 11.5 Å². The van der Waals surface area contributed by atoms with Crippen LogP contribution in [-0.2, 0) is 4.79 Å². The predicted octanol–water partition coefficient (Wildman–Crippen LogP) is 2.27. The number of hydrogen-bond acceptors (Lipinski definition) is 4. The van der Waals surface area contributed by atoms with Crippen molar-refractivity contribution >= 4 is 11.6 Å². The molecule has 1 aromatic carbocycles. The fourth-order valence-corrected chi connectivity index (χ4v) is 2.70. The van der Waals surface area contributed by atoms with Gasteiger partial charge in [-0.25, -0.2) is 0 Å². The molecule has 5 heteroatoms. The van der Waals surface area contributed by atoms with E-state index in [-0.39, 0.29) is 18.7 Å². The quantitative estimate of drug-likeness (QED) is 0.885. The maximum absolute atomic E-state index is 12.1. The first-order valence-corrected chi connectivity index (χ1v) is 7.19. The molecule has 2 aliphatic rings. The van der Waals surface area contributed by atoms with Crippen LogP contribution in [0.2, 0.25) is 0 Å². The fourth-order valence-electron chi connectivity index (χ4n) is 2.70. The Morgan fingerprint density at radius 3 is 2.80 bits per heavy atom. The van der Waals surface area contributed by atoms with Gasteiger partial charge in [0.25, 0.3) is 0 Å². The molecule has 1 atom stereocenters. The molecule has 0 saturated heterocycles. The summed E-state index contributed by atoms with van der Waals surface area (Å²) in [4.78, 5) is 12.1. The van der Waals surface area contributed by atoms with Crippen LogP contribution < -0.4 is 20.1 Å². The highest BCUT2D eigenvalue weighted by Gasteiger charge is 2.21. The zero-order chi connectivity index (χ0) is 13.9. The van der Waals surface area contributed by atoms with Gasteiger partial charge < -0.3 is 20.1 Å². The van der Waals surface area contributed by atoms with E-state index < -0.39 is 0 Å². The van der Waals surface area contributed by atoms with E-state index in [1.54, 1.807) is 0 Å². The van der Waals surface area contributed by atoms with Crippen molar-refractivity contribution in [1.82, 2.24) is 5.32 Å². The molecule has 0 unspecified atom stereocenters. The van der Waals surface area contributed by atoms with E-state index in [0.29, 0.717) is 6.04 Å². The van der Waals surface area contributed by atoms with Gasteiger partial charge in [-0.3, -0.25) is 4.79 Å². The number of carbonyl (C=O) groups excluding carboxylic acids is 1. The number of ether oxygens (including phenoxy) is 2. The third-order valence-corrected chi connectivity index (χ3v) is 3.85. The molecule has 3 rings (SSSR count). The van der Waals surface area contributed by atoms with Crippen LogP contribution in [0.3, 0.4) is 0 Å². The molecule has 0 aromatic heterocycles. The van der Waals surface area contributed by atoms with Crippen molar-refractivity contribution in [2.45, 2.75) is 44.7 Å². The highest BCUT2D eigenvalue weighted by atomic mass is 16.7. The number of nitrogens with one attached hydrogen (secondary N) is 2. The van der Waals surface area contributed by atoms with Crippen molar-refractivity contribution in [1.29, 1.82) is 0 Å². The minimum atomic E-state index is -0.268. The Kier molecular flexibility index (Phi) is 3.67. The highest BCUT2D eigenvalue weighted by molar-refractivity contribution is 5.84. The first kappa shape index (κ1) is 13.1. The Balaban J connectivity index is 1.57. The van der Waals surface area contributed by atoms with Crippen LogP contribution >= 0.6 is 0 Å². The summed E-state index contributed by atoms with van der Waals surface area (Å²) in [7, 11) is 0. The van der Waals surface area contributed by atoms with Crippen molar-refractivity contribution in [3.63, 3.8) is 0 Å². The van der Waals surface area contributed by atoms with Crippen LogP contribution in [0, 0.1) is 0 Å². The number of anilines is 1. The van der Waals surface area contributed by atoms with Gasteiger partial charge in [-0.1, -0.05) is 12.8 Å². The maximum Gasteiger partial charge on any atom is 0.242 e. The average molecular weight is 276 g/mol. The Labute approximate surface area is 118 Å². The topological polar surface area (TPSA) is 59.6 Å². The number of fused-ring (bicyclic) bond motifs is 1. The molecule has 1 saturated carbocycles. The van der Waals surface area contributed by atoms with E-state index in [1.165, 1.54) is 12.8 Å². The summed E-state index contributed by atoms with van der Waals surface area (Å²) >= 11 is 0. The average Bonchev–Trinajstić information content (AvgIpc) is 3.08. The van der Waals surface area contributed by atoms with Gasteiger partial charge in [-0.2, -0.15) is 0 Å². The Hall–Kier alpha value is -1.91. The van der Waals surface area contributed by atoms with E-state index in [2.05, 4.69) is 10.6 Å². The van der Waals surface area contributed by atoms with Gasteiger partial charge in [-0.15, -0.1) is 0 Å². The fraction of sp³-hybridized carbons (Fsp3) is 0.533. The van der Waals surface area contributed by atoms with Crippen molar-refractivity contribution in [3.8, 4) is 11.5 Å². The molecule has 5 nitrogen and oxygen atoms in total. The standard InChI is InChI=1S/C15H20N2O3/c1-10(15(18)17-11-4-2-3-5-11)16-12-6-7-13-14(8-12)20-9-19-13/h6-8,10-11,16H,2-5,9H2,1H3,(H,17,18)/t10-/m1/s1. The Morgan fingerprint density at radius 1 is 1.25 bits per heavy atom. The molecule has 1 aliphatic carbocycles. The highest BCUT2D eigenvalue weighted by Crippen LogP contribution is 2.34. The number of carbonyl (C=O) groups is 1. The maximum atomic E-state index is 12.1. The van der Waals surface area contributed by atoms with Gasteiger partial charge >= 0.3 is 0 Å². The van der Waals surface area contributed by atoms with Gasteiger partial charge in [0.05, 0.1) is 0 Å². The van der Waals surface area contributed by atoms with Gasteiger partial charge in [0.2, 0.25) is 12.7 Å². The van der Waals surface area contributed by atoms with Crippen molar-refractivity contribution in [2.24, 2.45) is 0 Å². The van der Waals surface area contributed by atoms with Crippen LogP contribution in [-0.4, -0.2) is 24.8 Å². The number of amides is 1. The van der Waals surface area contributed by atoms with Crippen LogP contribution in [0.15, 0.2) is 18.2 Å². The summed E-state index contributed by atoms with van der Waals surface area (Å²) in [5, 5.41) is 6.29. The summed E-state index contributed by atoms with van der Waals surface area (Å²) in [5.41, 5.74) is 0.864. The molecule has 0 spiro atoms. The normalized spacial score (nSPS) is 18.9. The predicted molar refractivity (Wildman–Crippen MR) is 76.0 cm³/mol. The van der Waals surface area contributed by atoms with Gasteiger partial charge in [0.1, 0.15) is 6.04 Å². The van der Waals surface area contributed by atoms with E-state index in [1.807, 2.05) is 25.1 Å². The third kappa shape index (κ3) is 2.81. The molecule has 1 aromatic rings. The van der Waals surface area contributed by atoms with Crippen molar-refractivity contribution < 1.29 is 14.3 Å². The molecule has 1 amide bonds. The van der Waals surface area contributed by atoms with Gasteiger partial charge in [0.15, 0.2) is 11.5 Å². The molecule has 108 valence electrons. The molecule has 2 N–H and O–H groups in total. The summed E-state index contributed by atoms with van der Waals surface area (Å²) in [6, 6.07) is 5.69. The van der Waals surface area contributed by atoms with E-state index in [4.69, 9.17) is 9.47 Å². The van der Waals surface area contributed by atoms with Gasteiger partial charge in [-0.05, 0) is 31.9 Å². The molecule has 1 heterocycles. The second-order valence-electron chi connectivity index (χ2n) is 5.42. The zero-order valence-corrected chi connectivity index (χ0v) is 11.6. The van der Waals surface area contributed by atoms with E-state index >= 15 is 0 Å². The van der Waals surface area contributed by atoms with Crippen molar-refractivity contribution in [3.05, 3.63) is 18.2 Å². The lowest BCUT2D eigenvalue weighted by atomic mass is 10.2.